The Hall–Kier alpha value is -8.53. The van der Waals surface area contributed by atoms with E-state index in [1.807, 2.05) is 54.6 Å². The van der Waals surface area contributed by atoms with E-state index in [0.717, 1.165) is 61.0 Å². The van der Waals surface area contributed by atoms with Crippen LogP contribution in [-0.4, -0.2) is 79.0 Å². The standard InChI is InChI=1S/C29H26F3N7.C21H17ClF3N3.C8H10N4.CH4/c30-29(31,32)24-9-5-4-8-22(24)28-37-25-19-39(18-20-6-2-1-3-7-20)15-12-23(25)27(38-28)35-14-13-34-26-11-10-21(16-33)17-36-26;22-19-16-10-11-28(12-14-6-2-1-3-7-14)13-18(16)26-20(27-19)15-8-4-5-9-17(15)21(23,24)25;1-10-7-2-3-8(12-6-7)11-5-4-9;/h1-11,17H,12-15,18-19H2,(H,34,36)(H,35,37,38);1-9H,10-13H2;2-3,6H,4-5,9H2,(H,11,12);1H4. The van der Waals surface area contributed by atoms with E-state index in [0.29, 0.717) is 80.7 Å². The number of anilines is 3. The van der Waals surface area contributed by atoms with Crippen molar-refractivity contribution in [1.82, 2.24) is 39.7 Å². The topological polar surface area (TPSA) is 174 Å². The van der Waals surface area contributed by atoms with Crippen molar-refractivity contribution < 1.29 is 26.3 Å². The van der Waals surface area contributed by atoms with Crippen LogP contribution in [0.15, 0.2) is 146 Å². The molecule has 2 aliphatic heterocycles. The van der Waals surface area contributed by atoms with Crippen LogP contribution in [0.25, 0.3) is 27.6 Å². The van der Waals surface area contributed by atoms with Gasteiger partial charge in [0.05, 0.1) is 34.7 Å². The predicted octanol–water partition coefficient (Wildman–Crippen LogP) is 12.5. The summed E-state index contributed by atoms with van der Waals surface area (Å²) in [6.45, 7) is 13.0. The van der Waals surface area contributed by atoms with Crippen LogP contribution < -0.4 is 21.7 Å². The lowest BCUT2D eigenvalue weighted by Gasteiger charge is -2.29. The number of nitriles is 1. The molecule has 0 fully saturated rings. The Kier molecular flexibility index (Phi) is 20.6. The minimum atomic E-state index is -4.53. The second kappa shape index (κ2) is 27.9. The van der Waals surface area contributed by atoms with Gasteiger partial charge in [-0.3, -0.25) is 14.8 Å². The molecule has 412 valence electrons. The average Bonchev–Trinajstić information content (AvgIpc) is 3.49. The molecule has 0 amide bonds. The lowest BCUT2D eigenvalue weighted by Crippen LogP contribution is -2.32. The van der Waals surface area contributed by atoms with Crippen molar-refractivity contribution >= 4 is 34.7 Å². The van der Waals surface area contributed by atoms with Crippen LogP contribution in [0.4, 0.5) is 49.5 Å². The number of rotatable bonds is 14. The molecule has 0 aliphatic carbocycles. The van der Waals surface area contributed by atoms with Gasteiger partial charge in [0.25, 0.3) is 0 Å². The number of nitrogens with one attached hydrogen (secondary N) is 3. The molecule has 6 heterocycles. The number of fused-ring (bicyclic) bond motifs is 2. The average molecular weight is 1110 g/mol. The summed E-state index contributed by atoms with van der Waals surface area (Å²) in [5, 5.41) is 18.6. The third-order valence-electron chi connectivity index (χ3n) is 12.6. The maximum atomic E-state index is 13.8. The highest BCUT2D eigenvalue weighted by molar-refractivity contribution is 6.30. The van der Waals surface area contributed by atoms with Gasteiger partial charge in [-0.1, -0.05) is 122 Å². The van der Waals surface area contributed by atoms with E-state index < -0.39 is 23.5 Å². The first kappa shape index (κ1) is 59.1. The Balaban J connectivity index is 0.000000196. The van der Waals surface area contributed by atoms with E-state index in [1.165, 1.54) is 47.8 Å². The van der Waals surface area contributed by atoms with Gasteiger partial charge in [0.1, 0.15) is 28.7 Å². The molecule has 0 atom stereocenters. The summed E-state index contributed by atoms with van der Waals surface area (Å²) in [4.78, 5) is 33.8. The van der Waals surface area contributed by atoms with Gasteiger partial charge in [0.15, 0.2) is 11.6 Å². The summed E-state index contributed by atoms with van der Waals surface area (Å²) in [5.74, 6) is 1.98. The number of nitrogens with two attached hydrogens (primary N) is 1. The highest BCUT2D eigenvalue weighted by atomic mass is 35.5. The van der Waals surface area contributed by atoms with Gasteiger partial charge in [-0.2, -0.15) is 31.6 Å². The molecule has 4 aromatic heterocycles. The molecule has 0 unspecified atom stereocenters. The number of aromatic nitrogens is 6. The Morgan fingerprint density at radius 3 is 1.59 bits per heavy atom. The number of nitrogens with zero attached hydrogens (tertiary/aromatic N) is 10. The Bertz CT molecular complexity index is 3370. The fourth-order valence-corrected chi connectivity index (χ4v) is 9.09. The van der Waals surface area contributed by atoms with Crippen molar-refractivity contribution in [3.8, 4) is 28.8 Å². The van der Waals surface area contributed by atoms with E-state index in [-0.39, 0.29) is 35.4 Å². The fraction of sp³-hybridized carbons (Fsp3) is 0.254. The van der Waals surface area contributed by atoms with Crippen molar-refractivity contribution in [2.24, 2.45) is 5.73 Å². The molecule has 0 saturated heterocycles. The molecule has 0 bridgehead atoms. The first-order valence-corrected chi connectivity index (χ1v) is 25.5. The summed E-state index contributed by atoms with van der Waals surface area (Å²) in [6, 6.07) is 39.7. The summed E-state index contributed by atoms with van der Waals surface area (Å²) < 4.78 is 81.6. The molecule has 0 spiro atoms. The molecule has 14 nitrogen and oxygen atoms in total. The maximum Gasteiger partial charge on any atom is 0.417 e. The number of halogens is 7. The number of alkyl halides is 6. The first-order chi connectivity index (χ1) is 38.2. The monoisotopic (exact) mass is 1110 g/mol. The molecule has 8 aromatic rings. The van der Waals surface area contributed by atoms with Crippen molar-refractivity contribution in [3.05, 3.63) is 213 Å². The number of pyridine rings is 2. The van der Waals surface area contributed by atoms with E-state index in [1.54, 1.807) is 36.4 Å². The molecule has 5 N–H and O–H groups in total. The molecular formula is C59H57ClF6N14. The van der Waals surface area contributed by atoms with E-state index in [4.69, 9.17) is 29.2 Å². The third-order valence-corrected chi connectivity index (χ3v) is 12.9. The van der Waals surface area contributed by atoms with Crippen LogP contribution in [0, 0.1) is 17.9 Å². The maximum absolute atomic E-state index is 13.8. The van der Waals surface area contributed by atoms with Crippen LogP contribution in [0.1, 0.15) is 57.8 Å². The smallest absolute Gasteiger partial charge is 0.369 e. The highest BCUT2D eigenvalue weighted by Crippen LogP contribution is 2.39. The number of benzene rings is 4. The third kappa shape index (κ3) is 16.0. The van der Waals surface area contributed by atoms with Gasteiger partial charge in [-0.15, -0.1) is 0 Å². The van der Waals surface area contributed by atoms with Gasteiger partial charge in [-0.25, -0.2) is 29.8 Å². The molecule has 10 rings (SSSR count). The highest BCUT2D eigenvalue weighted by Gasteiger charge is 2.36. The largest absolute Gasteiger partial charge is 0.417 e. The molecule has 21 heteroatoms. The minimum Gasteiger partial charge on any atom is -0.369 e. The van der Waals surface area contributed by atoms with Crippen LogP contribution in [0.3, 0.4) is 0 Å². The number of hydrogen-bond donors (Lipinski definition) is 4. The fourth-order valence-electron chi connectivity index (χ4n) is 8.81. The van der Waals surface area contributed by atoms with Crippen molar-refractivity contribution in [3.63, 3.8) is 0 Å². The van der Waals surface area contributed by atoms with Gasteiger partial charge < -0.3 is 21.7 Å². The van der Waals surface area contributed by atoms with Crippen molar-refractivity contribution in [2.45, 2.75) is 58.8 Å². The lowest BCUT2D eigenvalue weighted by atomic mass is 10.0. The van der Waals surface area contributed by atoms with Crippen LogP contribution in [-0.2, 0) is 51.4 Å². The molecule has 0 saturated carbocycles. The first-order valence-electron chi connectivity index (χ1n) is 25.1. The summed E-state index contributed by atoms with van der Waals surface area (Å²) in [6.07, 6.45) is -4.64. The van der Waals surface area contributed by atoms with Gasteiger partial charge in [0.2, 0.25) is 5.69 Å². The summed E-state index contributed by atoms with van der Waals surface area (Å²) in [7, 11) is 0. The van der Waals surface area contributed by atoms with Crippen molar-refractivity contribution in [1.29, 1.82) is 5.26 Å². The number of hydrogen-bond acceptors (Lipinski definition) is 13. The van der Waals surface area contributed by atoms with E-state index in [9.17, 15) is 26.3 Å². The SMILES string of the molecule is C.FC(F)(F)c1ccccc1-c1nc(Cl)c2c(n1)CN(Cc1ccccc1)CC2.N#Cc1ccc(NCCNc2nc(-c3ccccc3C(F)(F)F)nc3c2CCN(Cc2ccccc2)C3)nc1.[C-]#[N+]c1ccc(NCCN)nc1. The van der Waals surface area contributed by atoms with E-state index in [2.05, 4.69) is 72.6 Å². The molecule has 80 heavy (non-hydrogen) atoms. The Labute approximate surface area is 465 Å². The Morgan fingerprint density at radius 2 is 1.09 bits per heavy atom. The Morgan fingerprint density at radius 1 is 0.600 bits per heavy atom. The van der Waals surface area contributed by atoms with Gasteiger partial charge in [0, 0.05) is 100 Å². The molecule has 4 aromatic carbocycles. The summed E-state index contributed by atoms with van der Waals surface area (Å²) >= 11 is 6.32. The zero-order chi connectivity index (χ0) is 55.8. The van der Waals surface area contributed by atoms with Gasteiger partial charge in [-0.05, 0) is 54.3 Å². The zero-order valence-corrected chi connectivity index (χ0v) is 43.3. The quantitative estimate of drug-likeness (QED) is 0.0351. The van der Waals surface area contributed by atoms with Crippen molar-refractivity contribution in [2.75, 3.05) is 55.2 Å². The lowest BCUT2D eigenvalue weighted by molar-refractivity contribution is -0.137. The zero-order valence-electron chi connectivity index (χ0n) is 42.5. The van der Waals surface area contributed by atoms with Gasteiger partial charge >= 0.3 is 12.4 Å². The normalized spacial score (nSPS) is 13.0. The summed E-state index contributed by atoms with van der Waals surface area (Å²) in [5.41, 5.74) is 10.2. The predicted molar refractivity (Wildman–Crippen MR) is 299 cm³/mol. The van der Waals surface area contributed by atoms with Crippen LogP contribution in [0.5, 0.6) is 0 Å². The van der Waals surface area contributed by atoms with Crippen LogP contribution >= 0.6 is 11.6 Å². The molecule has 0 radical (unpaired) electrons. The minimum absolute atomic E-state index is 0. The molecular weight excluding hydrogens is 1050 g/mol. The second-order valence-electron chi connectivity index (χ2n) is 18.2. The van der Waals surface area contributed by atoms with Crippen LogP contribution in [0.2, 0.25) is 5.15 Å². The van der Waals surface area contributed by atoms with E-state index >= 15 is 0 Å². The second-order valence-corrected chi connectivity index (χ2v) is 18.5. The molecule has 2 aliphatic rings.